The second kappa shape index (κ2) is 22.2. The van der Waals surface area contributed by atoms with Gasteiger partial charge in [0, 0.05) is 71.2 Å². The van der Waals surface area contributed by atoms with Crippen LogP contribution in [0.2, 0.25) is 0 Å². The normalized spacial score (nSPS) is 12.9. The molecule has 0 aliphatic rings. The Morgan fingerprint density at radius 2 is 1.09 bits per heavy atom. The fraction of sp³-hybridized carbons (Fsp3) is 0.296. The third-order valence-electron chi connectivity index (χ3n) is 11.1. The molecule has 2 atom stereocenters. The first-order chi connectivity index (χ1) is 34.5. The molecule has 0 fully saturated rings. The molecule has 1 N–H and O–H groups in total. The maximum Gasteiger partial charge on any atom is 0.534 e. The molecule has 0 aliphatic heterocycles. The Bertz CT molecular complexity index is 3570. The van der Waals surface area contributed by atoms with E-state index in [9.17, 15) is 40.7 Å². The number of aromatic nitrogens is 4. The quantitative estimate of drug-likeness (QED) is 0.0475. The molecule has 8 rings (SSSR count). The number of pyridine rings is 4. The molecule has 0 radical (unpaired) electrons. The summed E-state index contributed by atoms with van der Waals surface area (Å²) in [5.41, 5.74) is -0.911. The molecule has 0 aliphatic carbocycles. The van der Waals surface area contributed by atoms with E-state index in [4.69, 9.17) is 14.2 Å². The van der Waals surface area contributed by atoms with Gasteiger partial charge in [0.1, 0.15) is 11.3 Å². The van der Waals surface area contributed by atoms with Crippen LogP contribution < -0.4 is 4.18 Å². The SMILES string of the molecule is COC(=O)[C@@H](OC(C)(C)C)c1c(C)nc2ccccc2c1I.Cc1cc(F)c(OS(=O)(=O)C(F)(F)F)c2ncccc12.Cc1nc2ccccc2c(-c2c(F)cc(C)c3cccnc23)c1[C@H](OC(C)(C)C)C(=O)O. The minimum absolute atomic E-state index is 0.256. The summed E-state index contributed by atoms with van der Waals surface area (Å²) in [6.07, 6.45) is 0.686. The van der Waals surface area contributed by atoms with E-state index in [1.807, 2.05) is 89.2 Å². The van der Waals surface area contributed by atoms with Gasteiger partial charge in [-0.2, -0.15) is 21.6 Å². The molecule has 0 unspecified atom stereocenters. The Hall–Kier alpha value is -6.49. The Morgan fingerprint density at radius 1 is 0.635 bits per heavy atom. The topological polar surface area (TPSA) is 177 Å². The number of nitrogens with zero attached hydrogens (tertiary/aromatic N) is 4. The van der Waals surface area contributed by atoms with Crippen LogP contribution in [0.3, 0.4) is 0 Å². The zero-order chi connectivity index (χ0) is 54.8. The number of benzene rings is 4. The first-order valence-electron chi connectivity index (χ1n) is 22.6. The van der Waals surface area contributed by atoms with Gasteiger partial charge in [0.05, 0.1) is 34.9 Å². The van der Waals surface area contributed by atoms with Crippen molar-refractivity contribution in [1.29, 1.82) is 0 Å². The number of fused-ring (bicyclic) bond motifs is 4. The van der Waals surface area contributed by atoms with Gasteiger partial charge in [-0.3, -0.25) is 19.9 Å². The number of carboxylic acid groups (broad SMARTS) is 1. The number of hydrogen-bond donors (Lipinski definition) is 1. The maximum absolute atomic E-state index is 15.7. The van der Waals surface area contributed by atoms with Crippen molar-refractivity contribution in [2.75, 3.05) is 7.11 Å². The van der Waals surface area contributed by atoms with Crippen LogP contribution in [0.1, 0.15) is 87.4 Å². The average Bonchev–Trinajstić information content (AvgIpc) is 3.31. The Balaban J connectivity index is 0.000000188. The van der Waals surface area contributed by atoms with Gasteiger partial charge in [0.2, 0.25) is 5.75 Å². The molecule has 8 aromatic rings. The third kappa shape index (κ3) is 12.5. The summed E-state index contributed by atoms with van der Waals surface area (Å²) in [5.74, 6) is -4.34. The lowest BCUT2D eigenvalue weighted by atomic mass is 9.88. The first kappa shape index (κ1) is 56.8. The molecular weight excluding hydrogens is 1100 g/mol. The molecule has 0 spiro atoms. The predicted molar refractivity (Wildman–Crippen MR) is 280 cm³/mol. The fourth-order valence-electron chi connectivity index (χ4n) is 8.02. The highest BCUT2D eigenvalue weighted by atomic mass is 127. The fourth-order valence-corrected chi connectivity index (χ4v) is 9.62. The van der Waals surface area contributed by atoms with Crippen molar-refractivity contribution in [1.82, 2.24) is 19.9 Å². The van der Waals surface area contributed by atoms with E-state index in [-0.39, 0.29) is 11.1 Å². The number of ether oxygens (including phenoxy) is 3. The largest absolute Gasteiger partial charge is 0.534 e. The highest BCUT2D eigenvalue weighted by Gasteiger charge is 2.49. The van der Waals surface area contributed by atoms with E-state index in [0.29, 0.717) is 44.2 Å². The summed E-state index contributed by atoms with van der Waals surface area (Å²) in [4.78, 5) is 42.0. The third-order valence-corrected chi connectivity index (χ3v) is 13.2. The van der Waals surface area contributed by atoms with Gasteiger partial charge in [0.25, 0.3) is 0 Å². The Kier molecular flexibility index (Phi) is 17.0. The molecule has 390 valence electrons. The highest BCUT2D eigenvalue weighted by molar-refractivity contribution is 14.1. The molecule has 0 saturated heterocycles. The Morgan fingerprint density at radius 3 is 1.62 bits per heavy atom. The van der Waals surface area contributed by atoms with E-state index in [0.717, 1.165) is 42.7 Å². The zero-order valence-electron chi connectivity index (χ0n) is 42.1. The van der Waals surface area contributed by atoms with Crippen molar-refractivity contribution in [3.8, 4) is 16.9 Å². The lowest BCUT2D eigenvalue weighted by molar-refractivity contribution is -0.164. The smallest absolute Gasteiger partial charge is 0.479 e. The van der Waals surface area contributed by atoms with E-state index in [1.54, 1.807) is 40.0 Å². The number of aliphatic carboxylic acids is 1. The van der Waals surface area contributed by atoms with Crippen LogP contribution in [-0.2, 0) is 33.9 Å². The monoisotopic (exact) mass is 1150 g/mol. The molecule has 0 amide bonds. The average molecular weight is 1150 g/mol. The van der Waals surface area contributed by atoms with Gasteiger partial charge >= 0.3 is 27.6 Å². The van der Waals surface area contributed by atoms with E-state index < -0.39 is 68.4 Å². The van der Waals surface area contributed by atoms with E-state index in [1.165, 1.54) is 38.4 Å². The number of para-hydroxylation sites is 2. The first-order valence-corrected chi connectivity index (χ1v) is 25.1. The number of aryl methyl sites for hydroxylation is 4. The second-order valence-electron chi connectivity index (χ2n) is 18.9. The van der Waals surface area contributed by atoms with Gasteiger partial charge in [-0.1, -0.05) is 48.5 Å². The maximum atomic E-state index is 15.7. The van der Waals surface area contributed by atoms with E-state index in [2.05, 4.69) is 46.7 Å². The molecule has 0 bridgehead atoms. The number of carboxylic acids is 1. The number of carbonyl (C=O) groups excluding carboxylic acids is 1. The number of halogens is 6. The van der Waals surface area contributed by atoms with Crippen LogP contribution in [0.5, 0.6) is 5.75 Å². The number of rotatable bonds is 9. The van der Waals surface area contributed by atoms with Crippen LogP contribution in [-0.4, -0.2) is 69.2 Å². The van der Waals surface area contributed by atoms with Crippen LogP contribution in [0.25, 0.3) is 54.7 Å². The van der Waals surface area contributed by atoms with Crippen molar-refractivity contribution < 1.29 is 63.5 Å². The van der Waals surface area contributed by atoms with Gasteiger partial charge in [0.15, 0.2) is 18.0 Å². The number of hydrogen-bond acceptors (Lipinski definition) is 12. The minimum atomic E-state index is -5.96. The number of methoxy groups -OCH3 is 1. The van der Waals surface area contributed by atoms with Crippen molar-refractivity contribution in [2.45, 2.75) is 98.2 Å². The summed E-state index contributed by atoms with van der Waals surface area (Å²) in [6.45, 7) is 18.1. The van der Waals surface area contributed by atoms with Crippen molar-refractivity contribution >= 4 is 88.3 Å². The highest BCUT2D eigenvalue weighted by Crippen LogP contribution is 2.43. The van der Waals surface area contributed by atoms with Crippen LogP contribution in [0.4, 0.5) is 22.0 Å². The molecule has 4 aromatic carbocycles. The number of alkyl halides is 3. The van der Waals surface area contributed by atoms with Crippen molar-refractivity contribution in [2.24, 2.45) is 0 Å². The van der Waals surface area contributed by atoms with Crippen LogP contribution >= 0.6 is 22.6 Å². The predicted octanol–water partition coefficient (Wildman–Crippen LogP) is 13.2. The lowest BCUT2D eigenvalue weighted by Crippen LogP contribution is -2.29. The van der Waals surface area contributed by atoms with Gasteiger partial charge in [-0.15, -0.1) is 0 Å². The summed E-state index contributed by atoms with van der Waals surface area (Å²) in [6, 6.07) is 24.2. The summed E-state index contributed by atoms with van der Waals surface area (Å²) in [5, 5.41) is 12.9. The molecule has 4 heterocycles. The molecular formula is C54H52F5IN4O9S. The lowest BCUT2D eigenvalue weighted by Gasteiger charge is -2.28. The minimum Gasteiger partial charge on any atom is -0.479 e. The van der Waals surface area contributed by atoms with Crippen molar-refractivity contribution in [3.05, 3.63) is 146 Å². The van der Waals surface area contributed by atoms with Crippen LogP contribution in [0, 0.1) is 42.9 Å². The van der Waals surface area contributed by atoms with Gasteiger partial charge in [-0.05, 0) is 139 Å². The van der Waals surface area contributed by atoms with Gasteiger partial charge in [-0.25, -0.2) is 18.4 Å². The van der Waals surface area contributed by atoms with Crippen LogP contribution in [0.15, 0.2) is 97.3 Å². The summed E-state index contributed by atoms with van der Waals surface area (Å²) >= 11 is 2.25. The van der Waals surface area contributed by atoms with Gasteiger partial charge < -0.3 is 23.5 Å². The zero-order valence-corrected chi connectivity index (χ0v) is 45.0. The second-order valence-corrected chi connectivity index (χ2v) is 21.5. The molecule has 0 saturated carbocycles. The Labute approximate surface area is 437 Å². The molecule has 20 heteroatoms. The molecule has 74 heavy (non-hydrogen) atoms. The molecule has 4 aromatic heterocycles. The van der Waals surface area contributed by atoms with E-state index >= 15 is 4.39 Å². The summed E-state index contributed by atoms with van der Waals surface area (Å²) in [7, 11) is -4.58. The van der Waals surface area contributed by atoms with Crippen molar-refractivity contribution in [3.63, 3.8) is 0 Å². The summed E-state index contributed by atoms with van der Waals surface area (Å²) < 4.78 is 110. The number of esters is 1. The standard InChI is InChI=1S/C26H25FN2O3.C17H20INO3.C11H7F4NO3S/c1-14-13-18(27)22(23-16(14)10-8-12-28-23)21-17-9-6-7-11-19(17)29-15(2)20(21)24(25(30)31)32-26(3,4)5;1-10-13(15(16(20)21-5)22-17(2,3)4)14(18)11-8-6-7-9-12(11)19-10;1-6-5-8(12)10(9-7(6)3-2-4-16-9)19-20(17,18)11(13,14)15/h6-13,24H,1-5H3,(H,30,31);6-9,15H,1-5H3;2-5H,1H3/t24-;15-;/m00./s1. The number of carbonyl (C=O) groups is 2. The molecule has 13 nitrogen and oxygen atoms in total.